The molecule has 1 saturated carbocycles. The molecule has 0 saturated heterocycles. The van der Waals surface area contributed by atoms with Crippen molar-refractivity contribution in [1.29, 1.82) is 0 Å². The molecule has 3 aromatic carbocycles. The second kappa shape index (κ2) is 9.45. The largest absolute Gasteiger partial charge is 0.489 e. The number of hydrogen-bond acceptors (Lipinski definition) is 7. The zero-order valence-electron chi connectivity index (χ0n) is 21.2. The molecule has 8 nitrogen and oxygen atoms in total. The lowest BCUT2D eigenvalue weighted by atomic mass is 9.96. The predicted octanol–water partition coefficient (Wildman–Crippen LogP) is 6.72. The molecule has 1 aliphatic carbocycles. The van der Waals surface area contributed by atoms with Gasteiger partial charge in [-0.3, -0.25) is 10.1 Å². The SMILES string of the molecule is Cc1cccc(C)c1-c1noc(C2CC2)c1COc1ccc2c(c1)Oc1ccc(C(=O)[N+](=O)[O-])cc1CC2. The second-order valence-corrected chi connectivity index (χ2v) is 9.96. The van der Waals surface area contributed by atoms with Crippen LogP contribution in [0.25, 0.3) is 11.3 Å². The van der Waals surface area contributed by atoms with Gasteiger partial charge in [-0.15, -0.1) is 0 Å². The fourth-order valence-corrected chi connectivity index (χ4v) is 5.09. The molecule has 2 heterocycles. The lowest BCUT2D eigenvalue weighted by Gasteiger charge is -2.13. The van der Waals surface area contributed by atoms with E-state index in [1.165, 1.54) is 6.07 Å². The summed E-state index contributed by atoms with van der Waals surface area (Å²) in [7, 11) is 0. The van der Waals surface area contributed by atoms with Crippen LogP contribution in [-0.2, 0) is 19.4 Å². The standard InChI is InChI=1S/C30H26N2O6/c1-17-4-3-5-18(2)27(17)28-24(29(38-31-28)20-7-8-20)16-36-23-12-10-19-6-9-21-14-22(30(33)32(34)35)11-13-25(21)37-26(19)15-23/h3-5,10-15,20H,6-9,16H2,1-2H3. The van der Waals surface area contributed by atoms with E-state index in [-0.39, 0.29) is 5.56 Å². The number of nitrogens with zero attached hydrogens (tertiary/aromatic N) is 2. The highest BCUT2D eigenvalue weighted by molar-refractivity contribution is 5.88. The van der Waals surface area contributed by atoms with Gasteiger partial charge < -0.3 is 14.0 Å². The van der Waals surface area contributed by atoms with Crippen LogP contribution in [0.1, 0.15) is 62.7 Å². The number of benzene rings is 3. The first-order valence-electron chi connectivity index (χ1n) is 12.7. The summed E-state index contributed by atoms with van der Waals surface area (Å²) in [6.45, 7) is 4.48. The molecule has 1 fully saturated rings. The first-order chi connectivity index (χ1) is 18.4. The summed E-state index contributed by atoms with van der Waals surface area (Å²) in [6.07, 6.45) is 3.46. The number of hydrogen-bond donors (Lipinski definition) is 0. The van der Waals surface area contributed by atoms with Crippen molar-refractivity contribution in [3.05, 3.63) is 104 Å². The lowest BCUT2D eigenvalue weighted by molar-refractivity contribution is -0.375. The molecule has 6 rings (SSSR count). The molecule has 0 spiro atoms. The van der Waals surface area contributed by atoms with E-state index >= 15 is 0 Å². The van der Waals surface area contributed by atoms with E-state index in [0.717, 1.165) is 57.7 Å². The van der Waals surface area contributed by atoms with Gasteiger partial charge in [-0.25, -0.2) is 4.79 Å². The number of fused-ring (bicyclic) bond motifs is 2. The maximum atomic E-state index is 11.8. The summed E-state index contributed by atoms with van der Waals surface area (Å²) in [5, 5.41) is 15.4. The van der Waals surface area contributed by atoms with Crippen molar-refractivity contribution in [1.82, 2.24) is 5.16 Å². The first-order valence-corrected chi connectivity index (χ1v) is 12.7. The molecule has 0 unspecified atom stereocenters. The highest BCUT2D eigenvalue weighted by Crippen LogP contribution is 2.45. The quantitative estimate of drug-likeness (QED) is 0.209. The third-order valence-corrected chi connectivity index (χ3v) is 7.26. The Labute approximate surface area is 219 Å². The van der Waals surface area contributed by atoms with E-state index in [9.17, 15) is 14.9 Å². The van der Waals surface area contributed by atoms with E-state index in [4.69, 9.17) is 14.0 Å². The number of carbonyl (C=O) groups is 1. The number of rotatable bonds is 6. The van der Waals surface area contributed by atoms with Crippen molar-refractivity contribution < 1.29 is 23.7 Å². The Morgan fingerprint density at radius 1 is 1.03 bits per heavy atom. The Hall–Kier alpha value is -4.46. The van der Waals surface area contributed by atoms with Gasteiger partial charge in [0.05, 0.1) is 11.1 Å². The van der Waals surface area contributed by atoms with E-state index < -0.39 is 10.8 Å². The fraction of sp³-hybridized carbons (Fsp3) is 0.267. The maximum Gasteiger partial charge on any atom is 0.476 e. The smallest absolute Gasteiger partial charge is 0.476 e. The van der Waals surface area contributed by atoms with Crippen molar-refractivity contribution in [3.63, 3.8) is 0 Å². The van der Waals surface area contributed by atoms with Gasteiger partial charge in [0.25, 0.3) is 0 Å². The minimum Gasteiger partial charge on any atom is -0.489 e. The number of nitro groups is 1. The molecule has 0 atom stereocenters. The Bertz CT molecular complexity index is 1560. The number of carbonyl (C=O) groups excluding carboxylic acids is 1. The Morgan fingerprint density at radius 3 is 2.53 bits per heavy atom. The van der Waals surface area contributed by atoms with Crippen LogP contribution < -0.4 is 9.47 Å². The van der Waals surface area contributed by atoms with Crippen LogP contribution in [0.15, 0.2) is 59.1 Å². The third-order valence-electron chi connectivity index (χ3n) is 7.26. The van der Waals surface area contributed by atoms with Crippen LogP contribution in [0.5, 0.6) is 17.2 Å². The van der Waals surface area contributed by atoms with Gasteiger partial charge in [0.1, 0.15) is 40.2 Å². The van der Waals surface area contributed by atoms with Gasteiger partial charge in [0.15, 0.2) is 0 Å². The molecular weight excluding hydrogens is 484 g/mol. The molecular formula is C30H26N2O6. The molecule has 192 valence electrons. The van der Waals surface area contributed by atoms with Gasteiger partial charge in [-0.2, -0.15) is 0 Å². The van der Waals surface area contributed by atoms with E-state index in [2.05, 4.69) is 31.1 Å². The van der Waals surface area contributed by atoms with Crippen molar-refractivity contribution in [2.75, 3.05) is 0 Å². The summed E-state index contributed by atoms with van der Waals surface area (Å²) in [5.74, 6) is 2.07. The van der Waals surface area contributed by atoms with E-state index in [0.29, 0.717) is 42.6 Å². The molecule has 0 bridgehead atoms. The molecule has 1 aliphatic heterocycles. The van der Waals surface area contributed by atoms with Crippen molar-refractivity contribution in [2.24, 2.45) is 0 Å². The minimum absolute atomic E-state index is 0.0483. The van der Waals surface area contributed by atoms with Crippen LogP contribution in [0.2, 0.25) is 0 Å². The van der Waals surface area contributed by atoms with Gasteiger partial charge in [0, 0.05) is 17.5 Å². The van der Waals surface area contributed by atoms with E-state index in [1.54, 1.807) is 12.1 Å². The van der Waals surface area contributed by atoms with Crippen LogP contribution in [0.3, 0.4) is 0 Å². The molecule has 4 aromatic rings. The van der Waals surface area contributed by atoms with Crippen LogP contribution in [-0.4, -0.2) is 16.0 Å². The summed E-state index contributed by atoms with van der Waals surface area (Å²) in [5.41, 5.74) is 6.98. The Balaban J connectivity index is 1.26. The molecule has 8 heteroatoms. The average Bonchev–Trinajstić information content (AvgIpc) is 3.69. The lowest BCUT2D eigenvalue weighted by Crippen LogP contribution is -2.11. The van der Waals surface area contributed by atoms with Crippen LogP contribution in [0, 0.1) is 24.0 Å². The van der Waals surface area contributed by atoms with Crippen LogP contribution >= 0.6 is 0 Å². The van der Waals surface area contributed by atoms with Crippen molar-refractivity contribution >= 4 is 5.91 Å². The fourth-order valence-electron chi connectivity index (χ4n) is 5.09. The summed E-state index contributed by atoms with van der Waals surface area (Å²) < 4.78 is 18.3. The van der Waals surface area contributed by atoms with Gasteiger partial charge >= 0.3 is 5.91 Å². The maximum absolute atomic E-state index is 11.8. The molecule has 1 aromatic heterocycles. The van der Waals surface area contributed by atoms with Crippen LogP contribution in [0.4, 0.5) is 0 Å². The zero-order chi connectivity index (χ0) is 26.4. The Kier molecular flexibility index (Phi) is 5.94. The Morgan fingerprint density at radius 2 is 1.79 bits per heavy atom. The first kappa shape index (κ1) is 23.9. The highest BCUT2D eigenvalue weighted by Gasteiger charge is 2.33. The minimum atomic E-state index is -1.12. The molecule has 0 N–H and O–H groups in total. The van der Waals surface area contributed by atoms with E-state index in [1.807, 2.05) is 24.3 Å². The van der Waals surface area contributed by atoms with Gasteiger partial charge in [-0.05, 0) is 86.1 Å². The zero-order valence-corrected chi connectivity index (χ0v) is 21.2. The molecule has 2 aliphatic rings. The van der Waals surface area contributed by atoms with Crippen molar-refractivity contribution in [3.8, 4) is 28.5 Å². The number of amides is 1. The predicted molar refractivity (Wildman–Crippen MR) is 139 cm³/mol. The highest BCUT2D eigenvalue weighted by atomic mass is 16.6. The monoisotopic (exact) mass is 510 g/mol. The third kappa shape index (κ3) is 4.42. The molecule has 1 amide bonds. The summed E-state index contributed by atoms with van der Waals surface area (Å²) in [4.78, 5) is 21.8. The van der Waals surface area contributed by atoms with Gasteiger partial charge in [-0.1, -0.05) is 29.4 Å². The number of aromatic nitrogens is 1. The topological polar surface area (TPSA) is 105 Å². The summed E-state index contributed by atoms with van der Waals surface area (Å²) >= 11 is 0. The number of aryl methyl sites for hydroxylation is 4. The second-order valence-electron chi connectivity index (χ2n) is 9.96. The molecule has 0 radical (unpaired) electrons. The molecule has 38 heavy (non-hydrogen) atoms. The van der Waals surface area contributed by atoms with Crippen molar-refractivity contribution in [2.45, 2.75) is 52.1 Å². The van der Waals surface area contributed by atoms with Gasteiger partial charge in [0.2, 0.25) is 0 Å². The average molecular weight is 511 g/mol. The summed E-state index contributed by atoms with van der Waals surface area (Å²) in [6, 6.07) is 16.5. The number of ether oxygens (including phenoxy) is 2. The normalized spacial score (nSPS) is 14.2.